The first-order chi connectivity index (χ1) is 12.7. The maximum absolute atomic E-state index is 12.3. The Morgan fingerprint density at radius 2 is 1.88 bits per heavy atom. The van der Waals surface area contributed by atoms with Crippen LogP contribution >= 0.6 is 0 Å². The molecular weight excluding hydrogens is 332 g/mol. The maximum atomic E-state index is 12.3. The van der Waals surface area contributed by atoms with Crippen molar-refractivity contribution in [1.29, 1.82) is 0 Å². The van der Waals surface area contributed by atoms with Crippen LogP contribution in [-0.4, -0.2) is 20.3 Å². The van der Waals surface area contributed by atoms with Crippen LogP contribution in [0.4, 0.5) is 0 Å². The fourth-order valence-corrected chi connectivity index (χ4v) is 2.85. The number of para-hydroxylation sites is 3. The molecule has 0 bridgehead atoms. The third-order valence-electron chi connectivity index (χ3n) is 4.09. The lowest BCUT2D eigenvalue weighted by Gasteiger charge is -2.11. The van der Waals surface area contributed by atoms with Crippen LogP contribution in [0, 0.1) is 0 Å². The molecule has 7 heteroatoms. The van der Waals surface area contributed by atoms with Gasteiger partial charge in [0.05, 0.1) is 11.2 Å². The summed E-state index contributed by atoms with van der Waals surface area (Å²) in [6, 6.07) is 16.5. The van der Waals surface area contributed by atoms with Gasteiger partial charge in [0.25, 0.3) is 0 Å². The molecule has 4 rings (SSSR count). The number of rotatable bonds is 5. The second kappa shape index (κ2) is 6.72. The number of carbonyl (C=O) groups is 1. The topological polar surface area (TPSA) is 82.1 Å². The maximum Gasteiger partial charge on any atom is 0.420 e. The molecule has 0 spiro atoms. The molecule has 2 aromatic heterocycles. The van der Waals surface area contributed by atoms with Crippen LogP contribution in [0.5, 0.6) is 0 Å². The molecule has 130 valence electrons. The molecule has 0 saturated heterocycles. The van der Waals surface area contributed by atoms with Crippen molar-refractivity contribution >= 4 is 17.0 Å². The predicted molar refractivity (Wildman–Crippen MR) is 95.9 cm³/mol. The zero-order chi connectivity index (χ0) is 17.9. The Bertz CT molecular complexity index is 1110. The third kappa shape index (κ3) is 3.02. The first-order valence-corrected chi connectivity index (χ1v) is 8.15. The summed E-state index contributed by atoms with van der Waals surface area (Å²) in [5.74, 6) is -0.813. The molecule has 26 heavy (non-hydrogen) atoms. The van der Waals surface area contributed by atoms with Gasteiger partial charge in [-0.25, -0.2) is 9.48 Å². The predicted octanol–water partition coefficient (Wildman–Crippen LogP) is 2.10. The van der Waals surface area contributed by atoms with E-state index < -0.39 is 5.76 Å². The van der Waals surface area contributed by atoms with Gasteiger partial charge in [0.2, 0.25) is 5.91 Å². The first-order valence-electron chi connectivity index (χ1n) is 8.15. The number of hydrogen-bond donors (Lipinski definition) is 1. The Kier molecular flexibility index (Phi) is 4.10. The fourth-order valence-electron chi connectivity index (χ4n) is 2.85. The van der Waals surface area contributed by atoms with Gasteiger partial charge in [-0.2, -0.15) is 5.10 Å². The highest BCUT2D eigenvalue weighted by atomic mass is 16.4. The van der Waals surface area contributed by atoms with Gasteiger partial charge in [-0.3, -0.25) is 9.36 Å². The van der Waals surface area contributed by atoms with Crippen molar-refractivity contribution < 1.29 is 9.21 Å². The van der Waals surface area contributed by atoms with Crippen LogP contribution in [0.2, 0.25) is 0 Å². The summed E-state index contributed by atoms with van der Waals surface area (Å²) >= 11 is 0. The van der Waals surface area contributed by atoms with Gasteiger partial charge in [-0.05, 0) is 29.8 Å². The van der Waals surface area contributed by atoms with Crippen molar-refractivity contribution in [3.8, 4) is 5.69 Å². The molecular formula is C19H16N4O3. The normalized spacial score (nSPS) is 10.9. The van der Waals surface area contributed by atoms with Crippen molar-refractivity contribution in [2.24, 2.45) is 0 Å². The minimum Gasteiger partial charge on any atom is -0.408 e. The second-order valence-electron chi connectivity index (χ2n) is 5.78. The molecule has 0 aliphatic carbocycles. The Morgan fingerprint density at radius 3 is 2.73 bits per heavy atom. The van der Waals surface area contributed by atoms with E-state index in [1.807, 2.05) is 36.5 Å². The van der Waals surface area contributed by atoms with E-state index in [4.69, 9.17) is 4.42 Å². The van der Waals surface area contributed by atoms with E-state index >= 15 is 0 Å². The van der Waals surface area contributed by atoms with E-state index in [2.05, 4.69) is 10.4 Å². The van der Waals surface area contributed by atoms with Crippen molar-refractivity contribution in [3.63, 3.8) is 0 Å². The Morgan fingerprint density at radius 1 is 1.08 bits per heavy atom. The van der Waals surface area contributed by atoms with Gasteiger partial charge in [0.1, 0.15) is 6.54 Å². The van der Waals surface area contributed by atoms with Crippen LogP contribution in [0.3, 0.4) is 0 Å². The monoisotopic (exact) mass is 348 g/mol. The summed E-state index contributed by atoms with van der Waals surface area (Å²) in [5.41, 5.74) is 2.89. The van der Waals surface area contributed by atoms with E-state index in [-0.39, 0.29) is 12.5 Å². The largest absolute Gasteiger partial charge is 0.420 e. The van der Waals surface area contributed by atoms with Gasteiger partial charge < -0.3 is 9.73 Å². The first kappa shape index (κ1) is 15.9. The molecule has 0 fully saturated rings. The number of fused-ring (bicyclic) bond motifs is 1. The van der Waals surface area contributed by atoms with Gasteiger partial charge in [-0.15, -0.1) is 0 Å². The Labute approximate surface area is 148 Å². The van der Waals surface area contributed by atoms with Gasteiger partial charge in [-0.1, -0.05) is 30.3 Å². The van der Waals surface area contributed by atoms with E-state index in [1.54, 1.807) is 35.1 Å². The number of nitrogens with zero attached hydrogens (tertiary/aromatic N) is 3. The minimum atomic E-state index is -0.543. The van der Waals surface area contributed by atoms with E-state index in [1.165, 1.54) is 4.57 Å². The summed E-state index contributed by atoms with van der Waals surface area (Å²) in [4.78, 5) is 24.3. The smallest absolute Gasteiger partial charge is 0.408 e. The van der Waals surface area contributed by atoms with Crippen LogP contribution in [0.1, 0.15) is 5.56 Å². The lowest BCUT2D eigenvalue weighted by Crippen LogP contribution is -2.30. The number of nitrogens with one attached hydrogen (secondary N) is 1. The lowest BCUT2D eigenvalue weighted by atomic mass is 10.2. The summed E-state index contributed by atoms with van der Waals surface area (Å²) in [6.07, 6.45) is 3.55. The molecule has 2 heterocycles. The molecule has 0 atom stereocenters. The average molecular weight is 348 g/mol. The van der Waals surface area contributed by atoms with E-state index in [0.717, 1.165) is 11.3 Å². The van der Waals surface area contributed by atoms with Gasteiger partial charge in [0.15, 0.2) is 5.58 Å². The van der Waals surface area contributed by atoms with Crippen LogP contribution in [0.15, 0.2) is 76.2 Å². The molecule has 0 aliphatic rings. The molecule has 4 aromatic rings. The summed E-state index contributed by atoms with van der Waals surface area (Å²) in [7, 11) is 0. The number of amides is 1. The number of carbonyl (C=O) groups excluding carboxylic acids is 1. The number of oxazole rings is 1. The SMILES string of the molecule is O=C(Cn1c(=O)oc2ccccc21)NCc1ccccc1-n1cccn1. The quantitative estimate of drug-likeness (QED) is 0.599. The van der Waals surface area contributed by atoms with E-state index in [9.17, 15) is 9.59 Å². The molecule has 2 aromatic carbocycles. The average Bonchev–Trinajstić information content (AvgIpc) is 3.29. The Hall–Kier alpha value is -3.61. The molecule has 7 nitrogen and oxygen atoms in total. The zero-order valence-corrected chi connectivity index (χ0v) is 13.8. The summed E-state index contributed by atoms with van der Waals surface area (Å²) < 4.78 is 8.22. The van der Waals surface area contributed by atoms with Crippen molar-refractivity contribution in [3.05, 3.63) is 83.1 Å². The van der Waals surface area contributed by atoms with Crippen molar-refractivity contribution in [2.45, 2.75) is 13.1 Å². The fraction of sp³-hybridized carbons (Fsp3) is 0.105. The lowest BCUT2D eigenvalue weighted by molar-refractivity contribution is -0.121. The van der Waals surface area contributed by atoms with Crippen molar-refractivity contribution in [2.75, 3.05) is 0 Å². The number of hydrogen-bond acceptors (Lipinski definition) is 4. The minimum absolute atomic E-state index is 0.0974. The molecule has 0 aliphatic heterocycles. The van der Waals surface area contributed by atoms with Crippen LogP contribution in [0.25, 0.3) is 16.8 Å². The standard InChI is InChI=1S/C19H16N4O3/c24-18(13-22-16-8-3-4-9-17(16)26-19(22)25)20-12-14-6-1-2-7-15(14)23-11-5-10-21-23/h1-11H,12-13H2,(H,20,24). The molecule has 0 radical (unpaired) electrons. The summed E-state index contributed by atoms with van der Waals surface area (Å²) in [6.45, 7) is 0.235. The highest BCUT2D eigenvalue weighted by Crippen LogP contribution is 2.14. The number of aromatic nitrogens is 3. The molecule has 1 amide bonds. The molecule has 0 unspecified atom stereocenters. The second-order valence-corrected chi connectivity index (χ2v) is 5.78. The zero-order valence-electron chi connectivity index (χ0n) is 13.8. The molecule has 0 saturated carbocycles. The highest BCUT2D eigenvalue weighted by Gasteiger charge is 2.13. The Balaban J connectivity index is 1.50. The van der Waals surface area contributed by atoms with E-state index in [0.29, 0.717) is 17.6 Å². The summed E-state index contributed by atoms with van der Waals surface area (Å²) in [5, 5.41) is 7.08. The highest BCUT2D eigenvalue weighted by molar-refractivity contribution is 5.79. The number of benzene rings is 2. The van der Waals surface area contributed by atoms with Gasteiger partial charge in [0, 0.05) is 18.9 Å². The van der Waals surface area contributed by atoms with Crippen LogP contribution < -0.4 is 11.1 Å². The van der Waals surface area contributed by atoms with Crippen LogP contribution in [-0.2, 0) is 17.9 Å². The third-order valence-corrected chi connectivity index (χ3v) is 4.09. The van der Waals surface area contributed by atoms with Crippen molar-refractivity contribution in [1.82, 2.24) is 19.7 Å². The van der Waals surface area contributed by atoms with Gasteiger partial charge >= 0.3 is 5.76 Å². The molecule has 1 N–H and O–H groups in total.